The zero-order chi connectivity index (χ0) is 25.2. The predicted octanol–water partition coefficient (Wildman–Crippen LogP) is 4.66. The van der Waals surface area contributed by atoms with Crippen LogP contribution in [0.4, 0.5) is 36.3 Å². The molecule has 1 aliphatic carbocycles. The number of nitrogens with zero attached hydrogens (tertiary/aromatic N) is 3. The summed E-state index contributed by atoms with van der Waals surface area (Å²) >= 11 is 0. The molecule has 11 heteroatoms. The van der Waals surface area contributed by atoms with Gasteiger partial charge in [0.25, 0.3) is 0 Å². The first-order valence-corrected chi connectivity index (χ1v) is 11.4. The average molecular weight is 489 g/mol. The van der Waals surface area contributed by atoms with Crippen LogP contribution < -0.4 is 16.0 Å². The first kappa shape index (κ1) is 24.5. The smallest absolute Gasteiger partial charge is 0.350 e. The van der Waals surface area contributed by atoms with Crippen LogP contribution >= 0.6 is 0 Å². The molecule has 0 unspecified atom stereocenters. The number of likely N-dealkylation sites (tertiary alicyclic amines) is 1. The minimum absolute atomic E-state index is 0.0127. The molecule has 3 N–H and O–H groups in total. The molecule has 2 amide bonds. The third-order valence-electron chi connectivity index (χ3n) is 6.38. The maximum atomic E-state index is 13.7. The van der Waals surface area contributed by atoms with E-state index in [1.54, 1.807) is 17.0 Å². The van der Waals surface area contributed by atoms with Crippen LogP contribution in [-0.4, -0.2) is 45.8 Å². The Kier molecular flexibility index (Phi) is 6.95. The number of carbonyl (C=O) groups excluding carboxylic acids is 2. The first-order chi connectivity index (χ1) is 16.6. The molecular weight excluding hydrogens is 461 g/mol. The third kappa shape index (κ3) is 5.72. The molecule has 2 heterocycles. The molecule has 0 radical (unpaired) electrons. The molecule has 186 valence electrons. The van der Waals surface area contributed by atoms with Crippen molar-refractivity contribution in [1.82, 2.24) is 14.9 Å². The SMILES string of the molecule is C=CC(=O)Nc1cc(C2CCC2)ccc1Nc1nc(N[C@@H]2CCN(C(C)=O)C2)ncc1C(F)(F)F. The second-order valence-electron chi connectivity index (χ2n) is 8.80. The number of aromatic nitrogens is 2. The molecule has 4 rings (SSSR count). The van der Waals surface area contributed by atoms with Crippen molar-refractivity contribution >= 4 is 35.0 Å². The quantitative estimate of drug-likeness (QED) is 0.490. The van der Waals surface area contributed by atoms with E-state index < -0.39 is 23.5 Å². The van der Waals surface area contributed by atoms with Crippen molar-refractivity contribution in [3.63, 3.8) is 0 Å². The molecule has 1 aliphatic heterocycles. The molecule has 2 fully saturated rings. The van der Waals surface area contributed by atoms with Crippen molar-refractivity contribution in [1.29, 1.82) is 0 Å². The van der Waals surface area contributed by atoms with Crippen molar-refractivity contribution in [2.45, 2.75) is 50.7 Å². The lowest BCUT2D eigenvalue weighted by Gasteiger charge is -2.27. The topological polar surface area (TPSA) is 99.2 Å². The third-order valence-corrected chi connectivity index (χ3v) is 6.38. The van der Waals surface area contributed by atoms with Gasteiger partial charge in [0, 0.05) is 32.3 Å². The highest BCUT2D eigenvalue weighted by Gasteiger charge is 2.36. The van der Waals surface area contributed by atoms with Gasteiger partial charge >= 0.3 is 6.18 Å². The second-order valence-corrected chi connectivity index (χ2v) is 8.80. The van der Waals surface area contributed by atoms with E-state index in [1.807, 2.05) is 6.07 Å². The van der Waals surface area contributed by atoms with Gasteiger partial charge in [0.05, 0.1) is 11.4 Å². The Balaban J connectivity index is 1.63. The molecule has 2 aromatic rings. The van der Waals surface area contributed by atoms with Crippen LogP contribution in [0.1, 0.15) is 49.7 Å². The van der Waals surface area contributed by atoms with E-state index in [4.69, 9.17) is 0 Å². The fourth-order valence-corrected chi connectivity index (χ4v) is 4.18. The lowest BCUT2D eigenvalue weighted by Crippen LogP contribution is -2.30. The molecule has 1 atom stereocenters. The van der Waals surface area contributed by atoms with Crippen LogP contribution in [0.5, 0.6) is 0 Å². The zero-order valence-electron chi connectivity index (χ0n) is 19.3. The Hall–Kier alpha value is -3.63. The van der Waals surface area contributed by atoms with Crippen molar-refractivity contribution in [3.05, 3.63) is 48.2 Å². The van der Waals surface area contributed by atoms with Crippen molar-refractivity contribution in [2.75, 3.05) is 29.0 Å². The maximum absolute atomic E-state index is 13.7. The summed E-state index contributed by atoms with van der Waals surface area (Å²) in [5.74, 6) is -0.605. The van der Waals surface area contributed by atoms with Crippen molar-refractivity contribution < 1.29 is 22.8 Å². The fraction of sp³-hybridized carbons (Fsp3) is 0.417. The molecule has 0 spiro atoms. The molecule has 35 heavy (non-hydrogen) atoms. The van der Waals surface area contributed by atoms with Crippen molar-refractivity contribution in [3.8, 4) is 0 Å². The number of benzene rings is 1. The minimum atomic E-state index is -4.70. The molecule has 8 nitrogen and oxygen atoms in total. The van der Waals surface area contributed by atoms with Crippen LogP contribution in [0.3, 0.4) is 0 Å². The standard InChI is InChI=1S/C24H27F3N6O2/c1-3-21(35)30-20-11-16(15-5-4-6-15)7-8-19(20)31-22-18(24(25,26)27)12-28-23(32-22)29-17-9-10-33(13-17)14(2)34/h3,7-8,11-12,15,17H,1,4-6,9-10,13H2,2H3,(H,30,35)(H2,28,29,31,32)/t17-/m1/s1. The average Bonchev–Trinajstić information content (AvgIpc) is 3.22. The monoisotopic (exact) mass is 488 g/mol. The van der Waals surface area contributed by atoms with E-state index in [1.165, 1.54) is 6.92 Å². The number of hydrogen-bond donors (Lipinski definition) is 3. The number of anilines is 4. The highest BCUT2D eigenvalue weighted by Crippen LogP contribution is 2.40. The van der Waals surface area contributed by atoms with E-state index in [0.717, 1.165) is 37.1 Å². The number of halogens is 3. The van der Waals surface area contributed by atoms with Gasteiger partial charge in [0.2, 0.25) is 17.8 Å². The Morgan fingerprint density at radius 2 is 1.97 bits per heavy atom. The van der Waals surface area contributed by atoms with Crippen LogP contribution in [0.2, 0.25) is 0 Å². The Labute approximate surface area is 201 Å². The Morgan fingerprint density at radius 1 is 1.20 bits per heavy atom. The largest absolute Gasteiger partial charge is 0.421 e. The van der Waals surface area contributed by atoms with E-state index in [2.05, 4.69) is 32.5 Å². The number of carbonyl (C=O) groups is 2. The van der Waals surface area contributed by atoms with E-state index in [0.29, 0.717) is 31.1 Å². The fourth-order valence-electron chi connectivity index (χ4n) is 4.18. The van der Waals surface area contributed by atoms with Crippen molar-refractivity contribution in [2.24, 2.45) is 0 Å². The van der Waals surface area contributed by atoms with Gasteiger partial charge in [-0.25, -0.2) is 4.98 Å². The van der Waals surface area contributed by atoms with Gasteiger partial charge in [-0.15, -0.1) is 0 Å². The molecule has 0 bridgehead atoms. The molecule has 1 aromatic heterocycles. The first-order valence-electron chi connectivity index (χ1n) is 11.4. The van der Waals surface area contributed by atoms with Gasteiger partial charge in [-0.05, 0) is 49.0 Å². The summed E-state index contributed by atoms with van der Waals surface area (Å²) in [6.07, 6.45) is 0.935. The Morgan fingerprint density at radius 3 is 2.57 bits per heavy atom. The van der Waals surface area contributed by atoms with Gasteiger partial charge in [-0.1, -0.05) is 19.1 Å². The minimum Gasteiger partial charge on any atom is -0.350 e. The highest BCUT2D eigenvalue weighted by atomic mass is 19.4. The molecule has 1 saturated carbocycles. The highest BCUT2D eigenvalue weighted by molar-refractivity contribution is 6.01. The van der Waals surface area contributed by atoms with E-state index in [9.17, 15) is 22.8 Å². The van der Waals surface area contributed by atoms with Gasteiger partial charge in [0.15, 0.2) is 0 Å². The number of rotatable bonds is 7. The van der Waals surface area contributed by atoms with Crippen LogP contribution in [0, 0.1) is 0 Å². The second kappa shape index (κ2) is 9.93. The summed E-state index contributed by atoms with van der Waals surface area (Å²) < 4.78 is 41.2. The number of hydrogen-bond acceptors (Lipinski definition) is 6. The maximum Gasteiger partial charge on any atom is 0.421 e. The summed E-state index contributed by atoms with van der Waals surface area (Å²) in [5, 5.41) is 8.44. The molecule has 2 aliphatic rings. The molecule has 1 saturated heterocycles. The zero-order valence-corrected chi connectivity index (χ0v) is 19.3. The Bertz CT molecular complexity index is 1130. The number of amides is 2. The summed E-state index contributed by atoms with van der Waals surface area (Å²) in [6.45, 7) is 5.89. The normalized spacial score (nSPS) is 18.1. The summed E-state index contributed by atoms with van der Waals surface area (Å²) in [5.41, 5.74) is 0.581. The van der Waals surface area contributed by atoms with Gasteiger partial charge in [0.1, 0.15) is 11.4 Å². The lowest BCUT2D eigenvalue weighted by molar-refractivity contribution is -0.137. The van der Waals surface area contributed by atoms with Gasteiger partial charge in [-0.2, -0.15) is 18.2 Å². The lowest BCUT2D eigenvalue weighted by atomic mass is 9.80. The summed E-state index contributed by atoms with van der Waals surface area (Å²) in [6, 6.07) is 5.09. The van der Waals surface area contributed by atoms with Gasteiger partial charge in [-0.3, -0.25) is 9.59 Å². The number of nitrogens with one attached hydrogen (secondary N) is 3. The predicted molar refractivity (Wildman–Crippen MR) is 126 cm³/mol. The molecular formula is C24H27F3N6O2. The van der Waals surface area contributed by atoms with Gasteiger partial charge < -0.3 is 20.9 Å². The summed E-state index contributed by atoms with van der Waals surface area (Å²) in [4.78, 5) is 33.2. The number of alkyl halides is 3. The van der Waals surface area contributed by atoms with Crippen LogP contribution in [0.25, 0.3) is 0 Å². The van der Waals surface area contributed by atoms with E-state index in [-0.39, 0.29) is 23.6 Å². The molecule has 1 aromatic carbocycles. The van der Waals surface area contributed by atoms with E-state index >= 15 is 0 Å². The van der Waals surface area contributed by atoms with Crippen LogP contribution in [0.15, 0.2) is 37.1 Å². The van der Waals surface area contributed by atoms with Crippen LogP contribution in [-0.2, 0) is 15.8 Å². The summed E-state index contributed by atoms with van der Waals surface area (Å²) in [7, 11) is 0.